The molecule has 0 saturated carbocycles. The summed E-state index contributed by atoms with van der Waals surface area (Å²) in [6.45, 7) is 6.53. The lowest BCUT2D eigenvalue weighted by molar-refractivity contribution is -0.119. The minimum atomic E-state index is -0.300. The van der Waals surface area contributed by atoms with E-state index in [9.17, 15) is 14.7 Å². The Morgan fingerprint density at radius 1 is 1.23 bits per heavy atom. The Labute approximate surface area is 210 Å². The molecule has 6 heteroatoms. The normalized spacial score (nSPS) is 21.6. The fraction of sp³-hybridized carbons (Fsp3) is 0.517. The number of carbonyl (C=O) groups excluding carboxylic acids is 2. The molecule has 190 valence electrons. The van der Waals surface area contributed by atoms with Crippen molar-refractivity contribution in [3.63, 3.8) is 0 Å². The summed E-state index contributed by atoms with van der Waals surface area (Å²) in [5.74, 6) is 0.568. The molecule has 1 amide bonds. The molecule has 1 heterocycles. The highest BCUT2D eigenvalue weighted by atomic mass is 16.3. The molecule has 35 heavy (non-hydrogen) atoms. The highest BCUT2D eigenvalue weighted by Crippen LogP contribution is 2.29. The number of Topliss-reactive ketones (excluding diaryl/α,β-unsaturated/α-hetero) is 1. The largest absolute Gasteiger partial charge is 0.392 e. The molecule has 0 bridgehead atoms. The van der Waals surface area contributed by atoms with Crippen molar-refractivity contribution >= 4 is 11.7 Å². The molecule has 1 aliphatic heterocycles. The average Bonchev–Trinajstić information content (AvgIpc) is 3.10. The molecule has 1 saturated heterocycles. The minimum absolute atomic E-state index is 0.0502. The second kappa shape index (κ2) is 14.1. The minimum Gasteiger partial charge on any atom is -0.392 e. The first-order valence-corrected chi connectivity index (χ1v) is 13.0. The van der Waals surface area contributed by atoms with E-state index < -0.39 is 0 Å². The highest BCUT2D eigenvalue weighted by molar-refractivity contribution is 5.94. The molecule has 6 nitrogen and oxygen atoms in total. The fourth-order valence-electron chi connectivity index (χ4n) is 5.00. The van der Waals surface area contributed by atoms with Crippen molar-refractivity contribution in [3.8, 4) is 0 Å². The number of piperidine rings is 1. The Bertz CT molecular complexity index is 922. The van der Waals surface area contributed by atoms with Crippen molar-refractivity contribution in [1.29, 1.82) is 0 Å². The van der Waals surface area contributed by atoms with Crippen LogP contribution in [0.3, 0.4) is 0 Å². The monoisotopic (exact) mass is 479 g/mol. The van der Waals surface area contributed by atoms with E-state index in [0.717, 1.165) is 63.0 Å². The SMILES string of the molecule is CC[C@H](O)C1C[C@@H](Cc2ccccc2)CCN1CCCNCC(=O)NC1=CCC(C(C)=O)=CC=C1. The molecular weight excluding hydrogens is 438 g/mol. The molecule has 1 aromatic rings. The number of hydrogen-bond donors (Lipinski definition) is 3. The summed E-state index contributed by atoms with van der Waals surface area (Å²) in [5, 5.41) is 16.8. The van der Waals surface area contributed by atoms with E-state index in [2.05, 4.69) is 52.8 Å². The summed E-state index contributed by atoms with van der Waals surface area (Å²) in [4.78, 5) is 26.3. The van der Waals surface area contributed by atoms with E-state index in [1.54, 1.807) is 19.1 Å². The van der Waals surface area contributed by atoms with Gasteiger partial charge in [0.1, 0.15) is 0 Å². The van der Waals surface area contributed by atoms with Crippen LogP contribution in [0.4, 0.5) is 0 Å². The van der Waals surface area contributed by atoms with Gasteiger partial charge in [0.2, 0.25) is 5.91 Å². The Morgan fingerprint density at radius 3 is 2.77 bits per heavy atom. The molecule has 3 atom stereocenters. The van der Waals surface area contributed by atoms with E-state index in [-0.39, 0.29) is 30.4 Å². The molecule has 0 spiro atoms. The standard InChI is InChI=1S/C29H41N3O3/c1-3-28(34)27-20-24(19-23-9-5-4-6-10-23)15-18-32(27)17-8-16-30-21-29(35)31-26-12-7-11-25(13-14-26)22(2)33/h4-7,9-12,14,24,27-28,30,34H,3,8,13,15-21H2,1-2H3,(H,31,35)/t24-,27?,28+/m1/s1. The van der Waals surface area contributed by atoms with Crippen molar-refractivity contribution in [2.24, 2.45) is 5.92 Å². The summed E-state index contributed by atoms with van der Waals surface area (Å²) in [6, 6.07) is 10.9. The van der Waals surface area contributed by atoms with Gasteiger partial charge in [-0.25, -0.2) is 0 Å². The summed E-state index contributed by atoms with van der Waals surface area (Å²) < 4.78 is 0. The van der Waals surface area contributed by atoms with Crippen LogP contribution < -0.4 is 10.6 Å². The van der Waals surface area contributed by atoms with Crippen molar-refractivity contribution in [1.82, 2.24) is 15.5 Å². The van der Waals surface area contributed by atoms with E-state index in [1.165, 1.54) is 5.56 Å². The predicted octanol–water partition coefficient (Wildman–Crippen LogP) is 3.54. The number of rotatable bonds is 12. The van der Waals surface area contributed by atoms with Crippen molar-refractivity contribution in [2.45, 2.75) is 64.5 Å². The lowest BCUT2D eigenvalue weighted by Crippen LogP contribution is -2.50. The van der Waals surface area contributed by atoms with E-state index in [1.807, 2.05) is 12.2 Å². The highest BCUT2D eigenvalue weighted by Gasteiger charge is 2.32. The Balaban J connectivity index is 1.37. The molecular formula is C29H41N3O3. The number of allylic oxidation sites excluding steroid dienone is 5. The first-order valence-electron chi connectivity index (χ1n) is 13.0. The van der Waals surface area contributed by atoms with Gasteiger partial charge in [0.25, 0.3) is 0 Å². The van der Waals surface area contributed by atoms with Gasteiger partial charge in [-0.2, -0.15) is 0 Å². The van der Waals surface area contributed by atoms with Gasteiger partial charge in [-0.05, 0) is 88.2 Å². The average molecular weight is 480 g/mol. The summed E-state index contributed by atoms with van der Waals surface area (Å²) in [6.07, 6.45) is 12.5. The van der Waals surface area contributed by atoms with Gasteiger partial charge < -0.3 is 15.7 Å². The number of nitrogens with zero attached hydrogens (tertiary/aromatic N) is 1. The summed E-state index contributed by atoms with van der Waals surface area (Å²) >= 11 is 0. The van der Waals surface area contributed by atoms with Crippen LogP contribution >= 0.6 is 0 Å². The number of carbonyl (C=O) groups is 2. The Morgan fingerprint density at radius 2 is 2.03 bits per heavy atom. The van der Waals surface area contributed by atoms with Gasteiger partial charge in [0, 0.05) is 11.7 Å². The van der Waals surface area contributed by atoms with Crippen LogP contribution in [0.2, 0.25) is 0 Å². The van der Waals surface area contributed by atoms with Crippen molar-refractivity contribution in [2.75, 3.05) is 26.2 Å². The first-order chi connectivity index (χ1) is 17.0. The lowest BCUT2D eigenvalue weighted by Gasteiger charge is -2.42. The van der Waals surface area contributed by atoms with Crippen LogP contribution in [-0.4, -0.2) is 60.0 Å². The zero-order valence-electron chi connectivity index (χ0n) is 21.2. The van der Waals surface area contributed by atoms with Gasteiger partial charge in [-0.3, -0.25) is 14.5 Å². The number of ketones is 1. The summed E-state index contributed by atoms with van der Waals surface area (Å²) in [5.41, 5.74) is 2.84. The zero-order valence-corrected chi connectivity index (χ0v) is 21.2. The zero-order chi connectivity index (χ0) is 25.0. The van der Waals surface area contributed by atoms with E-state index in [4.69, 9.17) is 0 Å². The number of aliphatic hydroxyl groups excluding tert-OH is 1. The molecule has 1 aliphatic carbocycles. The van der Waals surface area contributed by atoms with E-state index in [0.29, 0.717) is 12.3 Å². The number of amides is 1. The van der Waals surface area contributed by atoms with Gasteiger partial charge in [-0.1, -0.05) is 55.5 Å². The Hall–Kier alpha value is -2.54. The van der Waals surface area contributed by atoms with Gasteiger partial charge in [0.05, 0.1) is 12.6 Å². The van der Waals surface area contributed by atoms with Crippen molar-refractivity contribution < 1.29 is 14.7 Å². The second-order valence-electron chi connectivity index (χ2n) is 9.71. The maximum Gasteiger partial charge on any atom is 0.238 e. The molecule has 0 radical (unpaired) electrons. The third kappa shape index (κ3) is 8.88. The maximum atomic E-state index is 12.3. The van der Waals surface area contributed by atoms with Crippen LogP contribution in [0, 0.1) is 5.92 Å². The van der Waals surface area contributed by atoms with Crippen LogP contribution in [0.1, 0.15) is 51.5 Å². The quantitative estimate of drug-likeness (QED) is 0.400. The topological polar surface area (TPSA) is 81.7 Å². The number of hydrogen-bond acceptors (Lipinski definition) is 5. The number of likely N-dealkylation sites (tertiary alicyclic amines) is 1. The first kappa shape index (κ1) is 27.1. The molecule has 3 rings (SSSR count). The smallest absolute Gasteiger partial charge is 0.238 e. The second-order valence-corrected chi connectivity index (χ2v) is 9.71. The van der Waals surface area contributed by atoms with E-state index >= 15 is 0 Å². The third-order valence-corrected chi connectivity index (χ3v) is 7.03. The van der Waals surface area contributed by atoms with Gasteiger partial charge in [0.15, 0.2) is 5.78 Å². The van der Waals surface area contributed by atoms with Gasteiger partial charge >= 0.3 is 0 Å². The number of nitrogens with one attached hydrogen (secondary N) is 2. The molecule has 0 aromatic heterocycles. The van der Waals surface area contributed by atoms with Crippen LogP contribution in [0.25, 0.3) is 0 Å². The molecule has 1 unspecified atom stereocenters. The fourth-order valence-corrected chi connectivity index (χ4v) is 5.00. The lowest BCUT2D eigenvalue weighted by atomic mass is 9.83. The molecule has 2 aliphatic rings. The number of aliphatic hydroxyl groups is 1. The molecule has 3 N–H and O–H groups in total. The molecule has 1 aromatic carbocycles. The van der Waals surface area contributed by atoms with Crippen LogP contribution in [-0.2, 0) is 16.0 Å². The Kier molecular flexibility index (Phi) is 10.9. The van der Waals surface area contributed by atoms with Crippen LogP contribution in [0.15, 0.2) is 65.9 Å². The molecule has 1 fully saturated rings. The van der Waals surface area contributed by atoms with Crippen molar-refractivity contribution in [3.05, 3.63) is 71.5 Å². The third-order valence-electron chi connectivity index (χ3n) is 7.03. The van der Waals surface area contributed by atoms with Crippen LogP contribution in [0.5, 0.6) is 0 Å². The number of benzene rings is 1. The van der Waals surface area contributed by atoms with Gasteiger partial charge in [-0.15, -0.1) is 0 Å². The predicted molar refractivity (Wildman–Crippen MR) is 141 cm³/mol. The maximum absolute atomic E-state index is 12.3. The summed E-state index contributed by atoms with van der Waals surface area (Å²) in [7, 11) is 0.